The first-order valence-electron chi connectivity index (χ1n) is 6.14. The lowest BCUT2D eigenvalue weighted by atomic mass is 10.1. The van der Waals surface area contributed by atoms with Crippen LogP contribution < -0.4 is 5.32 Å². The van der Waals surface area contributed by atoms with Crippen LogP contribution in [0.15, 0.2) is 29.6 Å². The molecule has 0 spiro atoms. The van der Waals surface area contributed by atoms with E-state index in [9.17, 15) is 9.90 Å². The lowest BCUT2D eigenvalue weighted by molar-refractivity contribution is 0.0588. The Morgan fingerprint density at radius 1 is 1.47 bits per heavy atom. The Kier molecular flexibility index (Phi) is 4.90. The number of nitrogens with one attached hydrogen (secondary N) is 1. The van der Waals surface area contributed by atoms with Crippen molar-refractivity contribution < 1.29 is 14.6 Å². The standard InChI is InChI=1S/C14H17NO3S/c1-18-8-10(16)6-7-15-14(17)12-9-19-13-5-3-2-4-11(12)13/h2-5,9-10,16H,6-8H2,1H3,(H,15,17). The Bertz CT molecular complexity index is 552. The lowest BCUT2D eigenvalue weighted by Crippen LogP contribution is -2.28. The molecule has 2 rings (SSSR count). The van der Waals surface area contributed by atoms with E-state index >= 15 is 0 Å². The number of ether oxygens (including phenoxy) is 1. The molecule has 1 heterocycles. The van der Waals surface area contributed by atoms with Crippen molar-refractivity contribution in [3.8, 4) is 0 Å². The average Bonchev–Trinajstić information content (AvgIpc) is 2.82. The van der Waals surface area contributed by atoms with Crippen molar-refractivity contribution in [2.24, 2.45) is 0 Å². The first kappa shape index (κ1) is 14.0. The van der Waals surface area contributed by atoms with E-state index < -0.39 is 6.10 Å². The summed E-state index contributed by atoms with van der Waals surface area (Å²) in [6.07, 6.45) is -0.0497. The normalized spacial score (nSPS) is 12.5. The number of amides is 1. The summed E-state index contributed by atoms with van der Waals surface area (Å²) in [6.45, 7) is 0.727. The van der Waals surface area contributed by atoms with Crippen LogP contribution in [-0.2, 0) is 4.74 Å². The molecule has 102 valence electrons. The molecule has 2 aromatic rings. The van der Waals surface area contributed by atoms with E-state index in [1.807, 2.05) is 29.6 Å². The first-order chi connectivity index (χ1) is 9.22. The summed E-state index contributed by atoms with van der Waals surface area (Å²) in [5.74, 6) is -0.0953. The summed E-state index contributed by atoms with van der Waals surface area (Å²) in [6, 6.07) is 7.83. The number of thiophene rings is 1. The Labute approximate surface area is 116 Å². The fourth-order valence-electron chi connectivity index (χ4n) is 1.88. The number of benzene rings is 1. The Morgan fingerprint density at radius 2 is 2.26 bits per heavy atom. The highest BCUT2D eigenvalue weighted by molar-refractivity contribution is 7.17. The summed E-state index contributed by atoms with van der Waals surface area (Å²) in [5.41, 5.74) is 0.696. The van der Waals surface area contributed by atoms with Crippen molar-refractivity contribution in [3.63, 3.8) is 0 Å². The van der Waals surface area contributed by atoms with E-state index in [0.717, 1.165) is 10.1 Å². The monoisotopic (exact) mass is 279 g/mol. The van der Waals surface area contributed by atoms with Crippen LogP contribution in [0.4, 0.5) is 0 Å². The third-order valence-electron chi connectivity index (χ3n) is 2.85. The minimum Gasteiger partial charge on any atom is -0.391 e. The highest BCUT2D eigenvalue weighted by Gasteiger charge is 2.12. The average molecular weight is 279 g/mol. The lowest BCUT2D eigenvalue weighted by Gasteiger charge is -2.09. The fourth-order valence-corrected chi connectivity index (χ4v) is 2.82. The Hall–Kier alpha value is -1.43. The van der Waals surface area contributed by atoms with Gasteiger partial charge in [0.05, 0.1) is 18.3 Å². The van der Waals surface area contributed by atoms with Crippen LogP contribution in [0.2, 0.25) is 0 Å². The largest absolute Gasteiger partial charge is 0.391 e. The van der Waals surface area contributed by atoms with Gasteiger partial charge in [-0.15, -0.1) is 11.3 Å². The topological polar surface area (TPSA) is 58.6 Å². The number of methoxy groups -OCH3 is 1. The van der Waals surface area contributed by atoms with Gasteiger partial charge in [-0.3, -0.25) is 4.79 Å². The maximum absolute atomic E-state index is 12.0. The second-order valence-corrected chi connectivity index (χ2v) is 5.21. The molecule has 0 radical (unpaired) electrons. The molecule has 0 bridgehead atoms. The second-order valence-electron chi connectivity index (χ2n) is 4.30. The van der Waals surface area contributed by atoms with E-state index in [1.54, 1.807) is 18.4 Å². The SMILES string of the molecule is COCC(O)CCNC(=O)c1csc2ccccc12. The molecule has 5 heteroatoms. The molecule has 0 saturated heterocycles. The van der Waals surface area contributed by atoms with Gasteiger partial charge >= 0.3 is 0 Å². The van der Waals surface area contributed by atoms with Gasteiger partial charge in [0.2, 0.25) is 0 Å². The first-order valence-corrected chi connectivity index (χ1v) is 7.01. The van der Waals surface area contributed by atoms with Crippen molar-refractivity contribution in [2.75, 3.05) is 20.3 Å². The smallest absolute Gasteiger partial charge is 0.252 e. The minimum atomic E-state index is -0.537. The van der Waals surface area contributed by atoms with E-state index in [4.69, 9.17) is 4.74 Å². The van der Waals surface area contributed by atoms with Crippen LogP contribution in [0.5, 0.6) is 0 Å². The molecule has 1 aromatic heterocycles. The van der Waals surface area contributed by atoms with Crippen LogP contribution in [0.1, 0.15) is 16.8 Å². The molecule has 2 N–H and O–H groups in total. The second kappa shape index (κ2) is 6.65. The Balaban J connectivity index is 1.93. The van der Waals surface area contributed by atoms with Gasteiger partial charge in [-0.1, -0.05) is 18.2 Å². The summed E-state index contributed by atoms with van der Waals surface area (Å²) >= 11 is 1.56. The maximum Gasteiger partial charge on any atom is 0.252 e. The molecule has 0 aliphatic carbocycles. The Morgan fingerprint density at radius 3 is 3.05 bits per heavy atom. The number of aliphatic hydroxyl groups is 1. The molecule has 19 heavy (non-hydrogen) atoms. The minimum absolute atomic E-state index is 0.0953. The van der Waals surface area contributed by atoms with Gasteiger partial charge in [-0.25, -0.2) is 0 Å². The van der Waals surface area contributed by atoms with E-state index in [0.29, 0.717) is 18.5 Å². The van der Waals surface area contributed by atoms with E-state index in [1.165, 1.54) is 0 Å². The molecule has 1 atom stereocenters. The van der Waals surface area contributed by atoms with Crippen molar-refractivity contribution in [2.45, 2.75) is 12.5 Å². The number of hydrogen-bond donors (Lipinski definition) is 2. The zero-order valence-corrected chi connectivity index (χ0v) is 11.6. The van der Waals surface area contributed by atoms with Gasteiger partial charge in [0.15, 0.2) is 0 Å². The van der Waals surface area contributed by atoms with Gasteiger partial charge < -0.3 is 15.2 Å². The van der Waals surface area contributed by atoms with Gasteiger partial charge in [-0.05, 0) is 12.5 Å². The highest BCUT2D eigenvalue weighted by Crippen LogP contribution is 2.25. The maximum atomic E-state index is 12.0. The molecule has 0 fully saturated rings. The fraction of sp³-hybridized carbons (Fsp3) is 0.357. The van der Waals surface area contributed by atoms with Gasteiger partial charge in [0.25, 0.3) is 5.91 Å². The number of aliphatic hydroxyl groups excluding tert-OH is 1. The number of carbonyl (C=O) groups is 1. The predicted octanol–water partition coefficient (Wildman–Crippen LogP) is 2.03. The molecule has 0 aliphatic rings. The highest BCUT2D eigenvalue weighted by atomic mass is 32.1. The van der Waals surface area contributed by atoms with Crippen molar-refractivity contribution in [1.82, 2.24) is 5.32 Å². The number of hydrogen-bond acceptors (Lipinski definition) is 4. The van der Waals surface area contributed by atoms with E-state index in [2.05, 4.69) is 5.32 Å². The molecule has 0 saturated carbocycles. The van der Waals surface area contributed by atoms with Gasteiger partial charge in [0.1, 0.15) is 0 Å². The number of carbonyl (C=O) groups excluding carboxylic acids is 1. The summed E-state index contributed by atoms with van der Waals surface area (Å²) in [4.78, 5) is 12.0. The zero-order chi connectivity index (χ0) is 13.7. The van der Waals surface area contributed by atoms with E-state index in [-0.39, 0.29) is 12.5 Å². The van der Waals surface area contributed by atoms with Crippen LogP contribution in [0.3, 0.4) is 0 Å². The van der Waals surface area contributed by atoms with Crippen LogP contribution in [0.25, 0.3) is 10.1 Å². The summed E-state index contributed by atoms with van der Waals surface area (Å²) in [7, 11) is 1.54. The van der Waals surface area contributed by atoms with Gasteiger partial charge in [-0.2, -0.15) is 0 Å². The third-order valence-corrected chi connectivity index (χ3v) is 3.81. The van der Waals surface area contributed by atoms with Crippen molar-refractivity contribution in [1.29, 1.82) is 0 Å². The molecule has 1 unspecified atom stereocenters. The predicted molar refractivity (Wildman–Crippen MR) is 76.7 cm³/mol. The van der Waals surface area contributed by atoms with Crippen LogP contribution in [-0.4, -0.2) is 37.4 Å². The number of fused-ring (bicyclic) bond motifs is 1. The molecule has 1 aromatic carbocycles. The summed E-state index contributed by atoms with van der Waals surface area (Å²) in [5, 5.41) is 15.1. The number of rotatable bonds is 6. The molecule has 1 amide bonds. The zero-order valence-electron chi connectivity index (χ0n) is 10.8. The van der Waals surface area contributed by atoms with Crippen molar-refractivity contribution in [3.05, 3.63) is 35.2 Å². The molecular weight excluding hydrogens is 262 g/mol. The molecule has 0 aliphatic heterocycles. The van der Waals surface area contributed by atoms with Crippen LogP contribution >= 0.6 is 11.3 Å². The quantitative estimate of drug-likeness (QED) is 0.850. The molecular formula is C14H17NO3S. The van der Waals surface area contributed by atoms with Crippen molar-refractivity contribution >= 4 is 27.3 Å². The van der Waals surface area contributed by atoms with Crippen LogP contribution in [0, 0.1) is 0 Å². The van der Waals surface area contributed by atoms with Gasteiger partial charge in [0, 0.05) is 29.1 Å². The molecule has 4 nitrogen and oxygen atoms in total. The third kappa shape index (κ3) is 3.53. The summed E-state index contributed by atoms with van der Waals surface area (Å²) < 4.78 is 5.93.